The Kier molecular flexibility index (Phi) is 3.35. The summed E-state index contributed by atoms with van der Waals surface area (Å²) in [5.41, 5.74) is -1.83. The van der Waals surface area contributed by atoms with Gasteiger partial charge in [-0.25, -0.2) is 4.21 Å². The Morgan fingerprint density at radius 2 is 2.12 bits per heavy atom. The van der Waals surface area contributed by atoms with Crippen molar-refractivity contribution in [3.63, 3.8) is 0 Å². The molecule has 2 heterocycles. The average Bonchev–Trinajstić information content (AvgIpc) is 2.70. The molecule has 0 radical (unpaired) electrons. The Balaban J connectivity index is 2.36. The lowest BCUT2D eigenvalue weighted by Crippen LogP contribution is -2.53. The van der Waals surface area contributed by atoms with Gasteiger partial charge in [0.1, 0.15) is 11.7 Å². The van der Waals surface area contributed by atoms with E-state index in [1.807, 2.05) is 6.92 Å². The van der Waals surface area contributed by atoms with Gasteiger partial charge in [-0.1, -0.05) is 13.8 Å². The van der Waals surface area contributed by atoms with Crippen LogP contribution in [0.3, 0.4) is 0 Å². The normalized spacial score (nSPS) is 50.8. The molecular formula is C10H17O6S-. The van der Waals surface area contributed by atoms with E-state index in [0.717, 1.165) is 0 Å². The fourth-order valence-electron chi connectivity index (χ4n) is 3.30. The molecule has 0 aromatic carbocycles. The van der Waals surface area contributed by atoms with Crippen LogP contribution in [0.25, 0.3) is 0 Å². The van der Waals surface area contributed by atoms with E-state index in [4.69, 9.17) is 8.92 Å². The molecule has 0 spiro atoms. The number of hydrogen-bond donors (Lipinski definition) is 2. The van der Waals surface area contributed by atoms with Crippen LogP contribution in [-0.2, 0) is 20.3 Å². The van der Waals surface area contributed by atoms with Crippen molar-refractivity contribution in [3.05, 3.63) is 0 Å². The molecule has 6 unspecified atom stereocenters. The van der Waals surface area contributed by atoms with Crippen LogP contribution in [0.5, 0.6) is 0 Å². The number of aliphatic hydroxyl groups excluding tert-OH is 2. The smallest absolute Gasteiger partial charge is 0.122 e. The third-order valence-electron chi connectivity index (χ3n) is 4.34. The van der Waals surface area contributed by atoms with Crippen molar-refractivity contribution < 1.29 is 27.9 Å². The van der Waals surface area contributed by atoms with Crippen LogP contribution in [-0.4, -0.2) is 49.5 Å². The Morgan fingerprint density at radius 1 is 1.47 bits per heavy atom. The first kappa shape index (κ1) is 13.4. The van der Waals surface area contributed by atoms with Crippen molar-refractivity contribution in [1.82, 2.24) is 0 Å². The minimum absolute atomic E-state index is 0.0654. The topological polar surface area (TPSA) is 99.1 Å². The molecule has 0 saturated carbocycles. The van der Waals surface area contributed by atoms with Gasteiger partial charge >= 0.3 is 0 Å². The van der Waals surface area contributed by atoms with Crippen LogP contribution in [0.4, 0.5) is 0 Å². The second-order valence-electron chi connectivity index (χ2n) is 5.05. The highest BCUT2D eigenvalue weighted by atomic mass is 32.2. The maximum atomic E-state index is 10.7. The van der Waals surface area contributed by atoms with Gasteiger partial charge in [0.05, 0.1) is 30.2 Å². The molecule has 0 amide bonds. The summed E-state index contributed by atoms with van der Waals surface area (Å²) in [6.07, 6.45) is -0.155. The second kappa shape index (κ2) is 4.25. The number of hydrogen-bond acceptors (Lipinski definition) is 6. The van der Waals surface area contributed by atoms with Gasteiger partial charge in [-0.05, 0) is 12.3 Å². The minimum Gasteiger partial charge on any atom is -0.750 e. The third-order valence-corrected chi connectivity index (χ3v) is 4.71. The molecule has 2 bridgehead atoms. The molecule has 2 rings (SSSR count). The SMILES string of the molecule is CC1C(OS(=O)[O-])C2(CO)OC1(CO)CC2C. The van der Waals surface area contributed by atoms with Gasteiger partial charge in [0.15, 0.2) is 0 Å². The van der Waals surface area contributed by atoms with Crippen LogP contribution >= 0.6 is 0 Å². The van der Waals surface area contributed by atoms with E-state index in [0.29, 0.717) is 6.42 Å². The summed E-state index contributed by atoms with van der Waals surface area (Å²) in [6.45, 7) is 3.12. The van der Waals surface area contributed by atoms with Crippen LogP contribution in [0.15, 0.2) is 0 Å². The van der Waals surface area contributed by atoms with Gasteiger partial charge in [-0.15, -0.1) is 0 Å². The van der Waals surface area contributed by atoms with E-state index in [1.165, 1.54) is 0 Å². The second-order valence-corrected chi connectivity index (χ2v) is 5.65. The van der Waals surface area contributed by atoms with Crippen molar-refractivity contribution in [2.75, 3.05) is 13.2 Å². The molecule has 7 heteroatoms. The van der Waals surface area contributed by atoms with E-state index in [1.54, 1.807) is 6.92 Å². The van der Waals surface area contributed by atoms with Crippen molar-refractivity contribution in [3.8, 4) is 0 Å². The fraction of sp³-hybridized carbons (Fsp3) is 1.00. The first-order valence-corrected chi connectivity index (χ1v) is 6.60. The molecule has 0 aromatic rings. The van der Waals surface area contributed by atoms with E-state index in [2.05, 4.69) is 0 Å². The molecule has 2 aliphatic rings. The summed E-state index contributed by atoms with van der Waals surface area (Å²) in [4.78, 5) is 0. The Morgan fingerprint density at radius 3 is 2.59 bits per heavy atom. The lowest BCUT2D eigenvalue weighted by atomic mass is 9.68. The van der Waals surface area contributed by atoms with Gasteiger partial charge in [0.25, 0.3) is 0 Å². The third kappa shape index (κ3) is 1.68. The molecule has 2 saturated heterocycles. The molecule has 2 N–H and O–H groups in total. The summed E-state index contributed by atoms with van der Waals surface area (Å²) < 4.78 is 32.1. The van der Waals surface area contributed by atoms with Crippen molar-refractivity contribution in [2.24, 2.45) is 11.8 Å². The van der Waals surface area contributed by atoms with Crippen molar-refractivity contribution in [1.29, 1.82) is 0 Å². The molecule has 0 aromatic heterocycles. The van der Waals surface area contributed by atoms with Gasteiger partial charge in [0, 0.05) is 5.92 Å². The Labute approximate surface area is 102 Å². The number of ether oxygens (including phenoxy) is 1. The predicted octanol–water partition coefficient (Wildman–Crippen LogP) is -0.666. The van der Waals surface area contributed by atoms with Crippen LogP contribution < -0.4 is 0 Å². The summed E-state index contributed by atoms with van der Waals surface area (Å²) in [6, 6.07) is 0. The Hall–Kier alpha value is -0.0500. The molecule has 100 valence electrons. The maximum Gasteiger partial charge on any atom is 0.122 e. The van der Waals surface area contributed by atoms with Crippen LogP contribution in [0.2, 0.25) is 0 Å². The van der Waals surface area contributed by atoms with Gasteiger partial charge in [-0.2, -0.15) is 0 Å². The Bertz CT molecular complexity index is 337. The zero-order chi connectivity index (χ0) is 12.8. The summed E-state index contributed by atoms with van der Waals surface area (Å²) in [5.74, 6) is -0.349. The largest absolute Gasteiger partial charge is 0.750 e. The zero-order valence-electron chi connectivity index (χ0n) is 9.79. The quantitative estimate of drug-likeness (QED) is 0.654. The summed E-state index contributed by atoms with van der Waals surface area (Å²) in [7, 11) is 0. The molecule has 2 aliphatic heterocycles. The van der Waals surface area contributed by atoms with E-state index in [9.17, 15) is 19.0 Å². The fourth-order valence-corrected chi connectivity index (χ4v) is 3.80. The van der Waals surface area contributed by atoms with Crippen molar-refractivity contribution >= 4 is 11.4 Å². The van der Waals surface area contributed by atoms with Gasteiger partial charge in [-0.3, -0.25) is 4.18 Å². The van der Waals surface area contributed by atoms with Gasteiger partial charge < -0.3 is 19.5 Å². The van der Waals surface area contributed by atoms with E-state index < -0.39 is 28.7 Å². The number of aliphatic hydroxyl groups is 2. The molecular weight excluding hydrogens is 248 g/mol. The molecule has 0 aliphatic carbocycles. The van der Waals surface area contributed by atoms with Crippen molar-refractivity contribution in [2.45, 2.75) is 37.6 Å². The predicted molar refractivity (Wildman–Crippen MR) is 57.5 cm³/mol. The average molecular weight is 265 g/mol. The summed E-state index contributed by atoms with van der Waals surface area (Å²) in [5, 5.41) is 19.0. The van der Waals surface area contributed by atoms with Gasteiger partial charge in [0.2, 0.25) is 0 Å². The van der Waals surface area contributed by atoms with Crippen LogP contribution in [0, 0.1) is 11.8 Å². The highest BCUT2D eigenvalue weighted by Crippen LogP contribution is 2.57. The molecule has 6 nitrogen and oxygen atoms in total. The highest BCUT2D eigenvalue weighted by Gasteiger charge is 2.69. The first-order chi connectivity index (χ1) is 7.92. The maximum absolute atomic E-state index is 10.7. The molecule has 2 fully saturated rings. The standard InChI is InChI=1S/C10H18O6S/c1-6-3-9(4-11)7(2)8(15-17(13)14)10(6,5-12)16-9/h6-8,11-12H,3-5H2,1-2H3,(H,13,14)/p-1. The van der Waals surface area contributed by atoms with Crippen LogP contribution in [0.1, 0.15) is 20.3 Å². The lowest BCUT2D eigenvalue weighted by Gasteiger charge is -2.39. The number of fused-ring (bicyclic) bond motifs is 2. The first-order valence-electron chi connectivity index (χ1n) is 5.60. The van der Waals surface area contributed by atoms with E-state index >= 15 is 0 Å². The lowest BCUT2D eigenvalue weighted by molar-refractivity contribution is -0.121. The molecule has 6 atom stereocenters. The zero-order valence-corrected chi connectivity index (χ0v) is 10.6. The monoisotopic (exact) mass is 265 g/mol. The number of rotatable bonds is 4. The molecule has 17 heavy (non-hydrogen) atoms. The minimum atomic E-state index is -2.66. The highest BCUT2D eigenvalue weighted by molar-refractivity contribution is 7.74. The van der Waals surface area contributed by atoms with E-state index in [-0.39, 0.29) is 25.0 Å². The summed E-state index contributed by atoms with van der Waals surface area (Å²) >= 11 is -2.66.